The number of aromatic amines is 2. The first-order chi connectivity index (χ1) is 29.1. The Bertz CT molecular complexity index is 1910. The Labute approximate surface area is 355 Å². The number of imidazole rings is 2. The molecule has 61 heavy (non-hydrogen) atoms. The molecule has 7 amide bonds. The highest BCUT2D eigenvalue weighted by Crippen LogP contribution is 2.21. The minimum atomic E-state index is -1.37. The molecular weight excluding hydrogens is 787 g/mol. The van der Waals surface area contributed by atoms with Crippen LogP contribution in [0.25, 0.3) is 0 Å². The summed E-state index contributed by atoms with van der Waals surface area (Å²) in [6, 6.07) is 2.75. The fraction of sp³-hybridized carbons (Fsp3) is 0.548. The predicted molar refractivity (Wildman–Crippen MR) is 224 cm³/mol. The lowest BCUT2D eigenvalue weighted by atomic mass is 9.95. The molecule has 1 aliphatic rings. The Morgan fingerprint density at radius 3 is 2.00 bits per heavy atom. The number of primary amides is 1. The third-order valence-corrected chi connectivity index (χ3v) is 10.8. The van der Waals surface area contributed by atoms with Crippen molar-refractivity contribution in [3.8, 4) is 0 Å². The average Bonchev–Trinajstić information content (AvgIpc) is 4.03. The molecule has 3 aromatic rings. The molecule has 1 saturated heterocycles. The molecule has 0 spiro atoms. The molecule has 1 fully saturated rings. The number of likely N-dealkylation sites (tertiary alicyclic amines) is 1. The van der Waals surface area contributed by atoms with Gasteiger partial charge in [-0.1, -0.05) is 64.4 Å². The quantitative estimate of drug-likeness (QED) is 0.0612. The molecule has 0 saturated carbocycles. The van der Waals surface area contributed by atoms with Crippen molar-refractivity contribution in [2.24, 2.45) is 17.6 Å². The van der Waals surface area contributed by atoms with Crippen LogP contribution in [0.2, 0.25) is 0 Å². The topological polar surface area (TPSA) is 286 Å². The van der Waals surface area contributed by atoms with Crippen LogP contribution in [-0.4, -0.2) is 120 Å². The van der Waals surface area contributed by atoms with E-state index in [0.29, 0.717) is 36.2 Å². The number of nitrogens with zero attached hydrogens (tertiary/aromatic N) is 3. The zero-order chi connectivity index (χ0) is 44.6. The molecule has 19 heteroatoms. The number of amides is 7. The van der Waals surface area contributed by atoms with Gasteiger partial charge in [0.25, 0.3) is 0 Å². The van der Waals surface area contributed by atoms with Crippen LogP contribution in [0.1, 0.15) is 83.7 Å². The van der Waals surface area contributed by atoms with Gasteiger partial charge in [-0.25, -0.2) is 9.97 Å². The largest absolute Gasteiger partial charge is 0.390 e. The highest BCUT2D eigenvalue weighted by Gasteiger charge is 2.40. The second-order valence-electron chi connectivity index (χ2n) is 16.2. The second-order valence-corrected chi connectivity index (χ2v) is 16.2. The summed E-state index contributed by atoms with van der Waals surface area (Å²) in [6.07, 6.45) is 5.92. The van der Waals surface area contributed by atoms with Crippen LogP contribution >= 0.6 is 0 Å². The van der Waals surface area contributed by atoms with Crippen LogP contribution in [0.5, 0.6) is 0 Å². The number of carbonyl (C=O) groups is 7. The molecule has 2 aromatic heterocycles. The van der Waals surface area contributed by atoms with Gasteiger partial charge in [-0.2, -0.15) is 0 Å². The van der Waals surface area contributed by atoms with E-state index in [0.717, 1.165) is 0 Å². The van der Waals surface area contributed by atoms with Crippen molar-refractivity contribution in [1.29, 1.82) is 0 Å². The van der Waals surface area contributed by atoms with Gasteiger partial charge in [0.15, 0.2) is 0 Å². The first kappa shape index (κ1) is 47.6. The summed E-state index contributed by atoms with van der Waals surface area (Å²) in [4.78, 5) is 109. The normalized spacial score (nSPS) is 17.2. The van der Waals surface area contributed by atoms with Gasteiger partial charge in [0.05, 0.1) is 31.2 Å². The first-order valence-corrected chi connectivity index (χ1v) is 20.8. The smallest absolute Gasteiger partial charge is 0.246 e. The lowest BCUT2D eigenvalue weighted by Gasteiger charge is -2.30. The molecular formula is C42H61N11O8. The maximum Gasteiger partial charge on any atom is 0.246 e. The molecule has 3 heterocycles. The Balaban J connectivity index is 1.55. The summed E-state index contributed by atoms with van der Waals surface area (Å²) in [7, 11) is 0. The lowest BCUT2D eigenvalue weighted by molar-refractivity contribution is -0.142. The van der Waals surface area contributed by atoms with E-state index < -0.39 is 90.1 Å². The summed E-state index contributed by atoms with van der Waals surface area (Å²) < 4.78 is 0. The van der Waals surface area contributed by atoms with Crippen molar-refractivity contribution < 1.29 is 38.7 Å². The number of aromatic nitrogens is 4. The fourth-order valence-electron chi connectivity index (χ4n) is 7.39. The highest BCUT2D eigenvalue weighted by molar-refractivity contribution is 5.96. The Hall–Kier alpha value is -6.11. The number of hydrogen-bond donors (Lipinski definition) is 9. The van der Waals surface area contributed by atoms with Gasteiger partial charge in [0, 0.05) is 56.5 Å². The standard InChI is InChI=1S/C42H61N11O8/c1-6-25(4)37(38(43)57)52-36(56)19-35(55)30(15-24(2)3)49-40(59)32(17-28-20-44-22-46-28)50-39(58)31(16-27-11-8-7-9-12-27)51-41(60)34-13-10-14-53(34)42(61)33(48-26(5)54)18-29-21-45-23-47-29/h7-9,11-12,20-25,30-35,37,55H,6,10,13-19H2,1-5H3,(H2,43,57)(H,44,46)(H,45,47)(H,48,54)(H,49,59)(H,50,58)(H,51,60)(H,52,56)/t25-,30-,31-,32-,33-,34-,35?,37-/m0/s1. The molecule has 1 aliphatic heterocycles. The summed E-state index contributed by atoms with van der Waals surface area (Å²) in [5, 5.41) is 25.1. The Kier molecular flexibility index (Phi) is 18.0. The fourth-order valence-corrected chi connectivity index (χ4v) is 7.39. The van der Waals surface area contributed by atoms with Gasteiger partial charge < -0.3 is 52.3 Å². The SMILES string of the molecule is CC[C@H](C)[C@H](NC(=O)CC(O)[C@H](CC(C)C)NC(=O)[C@H](Cc1cnc[nH]1)NC(=O)[C@H](Cc1ccccc1)NC(=O)[C@@H]1CCCN1C(=O)[C@H](Cc1cnc[nH]1)NC(C)=O)C(N)=O. The molecule has 0 radical (unpaired) electrons. The summed E-state index contributed by atoms with van der Waals surface area (Å²) in [6.45, 7) is 8.96. The number of rotatable bonds is 23. The van der Waals surface area contributed by atoms with Crippen LogP contribution in [0.4, 0.5) is 0 Å². The van der Waals surface area contributed by atoms with Crippen LogP contribution in [0, 0.1) is 11.8 Å². The molecule has 8 atom stereocenters. The zero-order valence-electron chi connectivity index (χ0n) is 35.5. The number of aliphatic hydroxyl groups is 1. The van der Waals surface area contributed by atoms with E-state index >= 15 is 0 Å². The van der Waals surface area contributed by atoms with Crippen molar-refractivity contribution in [2.45, 2.75) is 128 Å². The summed E-state index contributed by atoms with van der Waals surface area (Å²) in [5.74, 6) is -4.40. The van der Waals surface area contributed by atoms with Crippen molar-refractivity contribution in [1.82, 2.24) is 51.4 Å². The first-order valence-electron chi connectivity index (χ1n) is 20.8. The number of aliphatic hydroxyl groups excluding tert-OH is 1. The summed E-state index contributed by atoms with van der Waals surface area (Å²) in [5.41, 5.74) is 7.37. The van der Waals surface area contributed by atoms with E-state index in [9.17, 15) is 38.7 Å². The minimum Gasteiger partial charge on any atom is -0.390 e. The number of H-pyrrole nitrogens is 2. The number of nitrogens with two attached hydrogens (primary N) is 1. The number of nitrogens with one attached hydrogen (secondary N) is 7. The Morgan fingerprint density at radius 2 is 1.44 bits per heavy atom. The molecule has 4 rings (SSSR count). The van der Waals surface area contributed by atoms with Crippen molar-refractivity contribution in [2.75, 3.05) is 6.54 Å². The Morgan fingerprint density at radius 1 is 0.836 bits per heavy atom. The zero-order valence-corrected chi connectivity index (χ0v) is 35.5. The third kappa shape index (κ3) is 14.5. The highest BCUT2D eigenvalue weighted by atomic mass is 16.3. The van der Waals surface area contributed by atoms with Gasteiger partial charge in [-0.15, -0.1) is 0 Å². The van der Waals surface area contributed by atoms with Crippen molar-refractivity contribution in [3.05, 3.63) is 72.3 Å². The van der Waals surface area contributed by atoms with Crippen LogP contribution in [0.3, 0.4) is 0 Å². The average molecular weight is 848 g/mol. The molecule has 10 N–H and O–H groups in total. The van der Waals surface area contributed by atoms with E-state index in [1.165, 1.54) is 30.7 Å². The molecule has 0 aliphatic carbocycles. The maximum atomic E-state index is 14.3. The predicted octanol–water partition coefficient (Wildman–Crippen LogP) is -0.0759. The van der Waals surface area contributed by atoms with Crippen LogP contribution in [0.15, 0.2) is 55.4 Å². The van der Waals surface area contributed by atoms with Gasteiger partial charge in [-0.3, -0.25) is 33.6 Å². The lowest BCUT2D eigenvalue weighted by Crippen LogP contribution is -2.59. The van der Waals surface area contributed by atoms with Crippen molar-refractivity contribution >= 4 is 41.4 Å². The molecule has 332 valence electrons. The number of benzene rings is 1. The van der Waals surface area contributed by atoms with E-state index in [-0.39, 0.29) is 44.1 Å². The van der Waals surface area contributed by atoms with Crippen molar-refractivity contribution in [3.63, 3.8) is 0 Å². The molecule has 0 bridgehead atoms. The minimum absolute atomic E-state index is 0.0337. The van der Waals surface area contributed by atoms with E-state index in [1.54, 1.807) is 37.4 Å². The molecule has 1 unspecified atom stereocenters. The summed E-state index contributed by atoms with van der Waals surface area (Å²) >= 11 is 0. The van der Waals surface area contributed by atoms with E-state index in [1.807, 2.05) is 26.8 Å². The van der Waals surface area contributed by atoms with Gasteiger partial charge >= 0.3 is 0 Å². The molecule has 1 aromatic carbocycles. The maximum absolute atomic E-state index is 14.3. The van der Waals surface area contributed by atoms with Gasteiger partial charge in [-0.05, 0) is 36.7 Å². The number of hydrogen-bond acceptors (Lipinski definition) is 10. The number of carbonyl (C=O) groups excluding carboxylic acids is 7. The van der Waals surface area contributed by atoms with Crippen LogP contribution in [-0.2, 0) is 52.8 Å². The third-order valence-electron chi connectivity index (χ3n) is 10.8. The van der Waals surface area contributed by atoms with Gasteiger partial charge in [0.1, 0.15) is 30.2 Å². The van der Waals surface area contributed by atoms with E-state index in [4.69, 9.17) is 5.73 Å². The molecule has 19 nitrogen and oxygen atoms in total. The van der Waals surface area contributed by atoms with E-state index in [2.05, 4.69) is 46.5 Å². The second kappa shape index (κ2) is 23.0. The van der Waals surface area contributed by atoms with Crippen LogP contribution < -0.4 is 32.3 Å². The van der Waals surface area contributed by atoms with Gasteiger partial charge in [0.2, 0.25) is 41.4 Å². The monoisotopic (exact) mass is 847 g/mol.